The molecule has 0 aromatic heterocycles. The fourth-order valence-corrected chi connectivity index (χ4v) is 14.2. The third kappa shape index (κ3) is 5.35. The van der Waals surface area contributed by atoms with E-state index in [-0.39, 0.29) is 57.4 Å². The molecule has 5 saturated carbocycles. The van der Waals surface area contributed by atoms with Crippen LogP contribution < -0.4 is 0 Å². The van der Waals surface area contributed by atoms with Crippen LogP contribution in [0.5, 0.6) is 0 Å². The number of aliphatic hydroxyl groups excluding tert-OH is 1. The molecule has 49 heavy (non-hydrogen) atoms. The summed E-state index contributed by atoms with van der Waals surface area (Å²) in [5, 5.41) is 34.0. The lowest BCUT2D eigenvalue weighted by Gasteiger charge is -2.64. The number of hydrogen-bond donors (Lipinski definition) is 3. The van der Waals surface area contributed by atoms with Gasteiger partial charge in [0.05, 0.1) is 42.2 Å². The van der Waals surface area contributed by atoms with Crippen molar-refractivity contribution in [2.75, 3.05) is 26.2 Å². The van der Waals surface area contributed by atoms with Crippen molar-refractivity contribution in [3.05, 3.63) is 0 Å². The number of morpholine rings is 1. The predicted molar refractivity (Wildman–Crippen MR) is 185 cm³/mol. The molecule has 2 spiro atoms. The molecule has 3 N–H and O–H groups in total. The minimum Gasteiger partial charge on any atom is -0.457 e. The van der Waals surface area contributed by atoms with E-state index in [2.05, 4.69) is 39.5 Å². The second-order valence-electron chi connectivity index (χ2n) is 20.2. The van der Waals surface area contributed by atoms with E-state index in [0.717, 1.165) is 32.2 Å². The summed E-state index contributed by atoms with van der Waals surface area (Å²) in [6, 6.07) is 0. The molecule has 2 aliphatic heterocycles. The van der Waals surface area contributed by atoms with Crippen molar-refractivity contribution < 1.29 is 39.1 Å². The molecule has 0 aromatic carbocycles. The van der Waals surface area contributed by atoms with E-state index in [1.165, 1.54) is 26.2 Å². The van der Waals surface area contributed by atoms with Crippen LogP contribution in [-0.2, 0) is 23.7 Å². The number of aliphatic hydroxyl groups is 3. The number of hydrogen-bond acceptors (Lipinski definition) is 9. The van der Waals surface area contributed by atoms with Crippen LogP contribution in [0.1, 0.15) is 121 Å². The number of rotatable bonds is 7. The lowest BCUT2D eigenvalue weighted by Crippen LogP contribution is -2.60. The first-order chi connectivity index (χ1) is 22.6. The Morgan fingerprint density at radius 3 is 2.33 bits per heavy atom. The SMILES string of the molecule is CC(=O)O[C@@H](C1C[C@@H](C)C2C(O1)[C@H](O)[C@@]1(C)[C@@H]3CC[C@H]4C(C)(C)[C@@H](O[C@H]5CN(CC(C)(C)O)CCO5)CC[C@@]45CC35CC[C@]21C)C(C)(C)O. The maximum atomic E-state index is 12.6. The van der Waals surface area contributed by atoms with Gasteiger partial charge in [0.2, 0.25) is 0 Å². The van der Waals surface area contributed by atoms with Gasteiger partial charge >= 0.3 is 5.97 Å². The highest BCUT2D eigenvalue weighted by molar-refractivity contribution is 5.66. The fraction of sp³-hybridized carbons (Fsp3) is 0.975. The number of esters is 1. The molecule has 4 unspecified atom stereocenters. The highest BCUT2D eigenvalue weighted by atomic mass is 16.7. The summed E-state index contributed by atoms with van der Waals surface area (Å²) >= 11 is 0. The minimum atomic E-state index is -1.26. The van der Waals surface area contributed by atoms with Gasteiger partial charge in [0.25, 0.3) is 0 Å². The lowest BCUT2D eigenvalue weighted by molar-refractivity contribution is -0.250. The molecule has 5 aliphatic carbocycles. The third-order valence-corrected chi connectivity index (χ3v) is 16.1. The summed E-state index contributed by atoms with van der Waals surface area (Å²) in [5.41, 5.74) is -1.83. The van der Waals surface area contributed by atoms with E-state index in [1.807, 2.05) is 13.8 Å². The molecule has 7 aliphatic rings. The zero-order valence-electron chi connectivity index (χ0n) is 32.1. The van der Waals surface area contributed by atoms with Crippen LogP contribution >= 0.6 is 0 Å². The highest BCUT2D eigenvalue weighted by Crippen LogP contribution is 2.89. The van der Waals surface area contributed by atoms with Crippen LogP contribution in [0.25, 0.3) is 0 Å². The lowest BCUT2D eigenvalue weighted by atomic mass is 9.41. The molecule has 0 aromatic rings. The topological polar surface area (TPSA) is 118 Å². The standard InChI is InChI=1S/C40H67NO8/c1-23-19-25(33(36(7,8)45)47-24(2)42)48-31-30(23)37(9)15-16-40-21-39(40)14-13-28(49-29-20-41(17-18-46-29)22-34(3,4)44)35(5,6)26(39)11-12-27(40)38(37,10)32(31)43/h23,25-33,43-45H,11-22H2,1-10H3/t23-,25?,26+,27+,28+,29+,30?,31?,32+,33+,37-,38-,39-,40?/m1/s1. The molecular weight excluding hydrogens is 622 g/mol. The van der Waals surface area contributed by atoms with Crippen LogP contribution in [0.2, 0.25) is 0 Å². The summed E-state index contributed by atoms with van der Waals surface area (Å²) in [7, 11) is 0. The summed E-state index contributed by atoms with van der Waals surface area (Å²) in [4.78, 5) is 14.4. The molecule has 0 amide bonds. The first kappa shape index (κ1) is 36.5. The van der Waals surface area contributed by atoms with E-state index in [4.69, 9.17) is 18.9 Å². The van der Waals surface area contributed by atoms with Gasteiger partial charge in [-0.3, -0.25) is 9.69 Å². The maximum Gasteiger partial charge on any atom is 0.303 e. The van der Waals surface area contributed by atoms with Crippen LogP contribution in [0.3, 0.4) is 0 Å². The molecular formula is C40H67NO8. The van der Waals surface area contributed by atoms with E-state index >= 15 is 0 Å². The van der Waals surface area contributed by atoms with Crippen LogP contribution in [0.15, 0.2) is 0 Å². The largest absolute Gasteiger partial charge is 0.457 e. The van der Waals surface area contributed by atoms with Crippen molar-refractivity contribution in [2.24, 2.45) is 50.7 Å². The number of nitrogens with zero attached hydrogens (tertiary/aromatic N) is 1. The van der Waals surface area contributed by atoms with Crippen LogP contribution in [-0.4, -0.2) is 100 Å². The molecule has 0 radical (unpaired) electrons. The first-order valence-corrected chi connectivity index (χ1v) is 19.6. The summed E-state index contributed by atoms with van der Waals surface area (Å²) in [6.07, 6.45) is 6.35. The predicted octanol–water partition coefficient (Wildman–Crippen LogP) is 5.32. The Kier molecular flexibility index (Phi) is 8.65. The van der Waals surface area contributed by atoms with E-state index < -0.39 is 35.5 Å². The van der Waals surface area contributed by atoms with Crippen LogP contribution in [0, 0.1) is 50.7 Å². The van der Waals surface area contributed by atoms with Crippen molar-refractivity contribution in [1.82, 2.24) is 4.90 Å². The molecule has 14 atom stereocenters. The van der Waals surface area contributed by atoms with Crippen molar-refractivity contribution in [3.8, 4) is 0 Å². The monoisotopic (exact) mass is 689 g/mol. The minimum absolute atomic E-state index is 0.00616. The van der Waals surface area contributed by atoms with Crippen molar-refractivity contribution in [1.29, 1.82) is 0 Å². The van der Waals surface area contributed by atoms with Gasteiger partial charge in [-0.1, -0.05) is 34.6 Å². The van der Waals surface area contributed by atoms with Crippen molar-refractivity contribution in [3.63, 3.8) is 0 Å². The average molecular weight is 690 g/mol. The van der Waals surface area contributed by atoms with E-state index in [1.54, 1.807) is 13.8 Å². The summed E-state index contributed by atoms with van der Waals surface area (Å²) in [6.45, 7) is 23.2. The number of carbonyl (C=O) groups excluding carboxylic acids is 1. The van der Waals surface area contributed by atoms with Crippen LogP contribution in [0.4, 0.5) is 0 Å². The van der Waals surface area contributed by atoms with Gasteiger partial charge in [0, 0.05) is 32.0 Å². The third-order valence-electron chi connectivity index (χ3n) is 16.1. The summed E-state index contributed by atoms with van der Waals surface area (Å²) < 4.78 is 25.6. The smallest absolute Gasteiger partial charge is 0.303 e. The second-order valence-corrected chi connectivity index (χ2v) is 20.2. The molecule has 2 saturated heterocycles. The van der Waals surface area contributed by atoms with Gasteiger partial charge in [-0.15, -0.1) is 0 Å². The average Bonchev–Trinajstić information content (AvgIpc) is 3.61. The summed E-state index contributed by atoms with van der Waals surface area (Å²) in [5.74, 6) is 1.03. The maximum absolute atomic E-state index is 12.6. The van der Waals surface area contributed by atoms with Gasteiger partial charge in [0.1, 0.15) is 0 Å². The number of ether oxygens (including phenoxy) is 4. The Hall–Kier alpha value is -0.810. The number of fused-ring (bicyclic) bond motifs is 4. The Morgan fingerprint density at radius 1 is 1.00 bits per heavy atom. The highest BCUT2D eigenvalue weighted by Gasteiger charge is 2.84. The Labute approximate surface area is 295 Å². The molecule has 0 bridgehead atoms. The molecule has 9 nitrogen and oxygen atoms in total. The zero-order chi connectivity index (χ0) is 35.7. The van der Waals surface area contributed by atoms with Gasteiger partial charge in [-0.25, -0.2) is 0 Å². The van der Waals surface area contributed by atoms with E-state index in [0.29, 0.717) is 38.0 Å². The molecule has 280 valence electrons. The second kappa shape index (κ2) is 11.6. The Morgan fingerprint density at radius 2 is 1.67 bits per heavy atom. The van der Waals surface area contributed by atoms with Gasteiger partial charge in [-0.2, -0.15) is 0 Å². The van der Waals surface area contributed by atoms with Crippen molar-refractivity contribution in [2.45, 2.75) is 169 Å². The number of carbonyl (C=O) groups is 1. The quantitative estimate of drug-likeness (QED) is 0.306. The normalized spacial score (nSPS) is 49.9. The van der Waals surface area contributed by atoms with Gasteiger partial charge < -0.3 is 34.3 Å². The Balaban J connectivity index is 1.11. The zero-order valence-corrected chi connectivity index (χ0v) is 32.1. The van der Waals surface area contributed by atoms with Crippen molar-refractivity contribution >= 4 is 5.97 Å². The van der Waals surface area contributed by atoms with Gasteiger partial charge in [0.15, 0.2) is 12.4 Å². The Bertz CT molecular complexity index is 1290. The molecule has 9 heteroatoms. The molecule has 2 heterocycles. The van der Waals surface area contributed by atoms with Gasteiger partial charge in [-0.05, 0) is 124 Å². The van der Waals surface area contributed by atoms with E-state index in [9.17, 15) is 20.1 Å². The molecule has 7 fully saturated rings. The molecule has 7 rings (SSSR count). The number of β-amino-alcohol motifs (C(OH)–C–C–N with tert-alkyl or cyclic N) is 1. The fourth-order valence-electron chi connectivity index (χ4n) is 14.2. The first-order valence-electron chi connectivity index (χ1n) is 19.6.